The van der Waals surface area contributed by atoms with Crippen LogP contribution in [0.25, 0.3) is 0 Å². The Labute approximate surface area is 151 Å². The second-order valence-corrected chi connectivity index (χ2v) is 6.31. The minimum atomic E-state index is -0.190. The molecule has 2 rings (SSSR count). The lowest BCUT2D eigenvalue weighted by Crippen LogP contribution is -2.30. The highest BCUT2D eigenvalue weighted by atomic mass is 32.2. The third-order valence-electron chi connectivity index (χ3n) is 3.26. The summed E-state index contributed by atoms with van der Waals surface area (Å²) in [6.45, 7) is 1.29. The molecule has 1 amide bonds. The summed E-state index contributed by atoms with van der Waals surface area (Å²) in [4.78, 5) is 11.6. The monoisotopic (exact) mass is 363 g/mol. The van der Waals surface area contributed by atoms with E-state index in [1.54, 1.807) is 23.9 Å². The number of rotatable bonds is 11. The molecule has 25 heavy (non-hydrogen) atoms. The van der Waals surface area contributed by atoms with Crippen LogP contribution in [-0.4, -0.2) is 38.0 Å². The van der Waals surface area contributed by atoms with E-state index in [1.165, 1.54) is 6.07 Å². The van der Waals surface area contributed by atoms with Gasteiger partial charge in [-0.3, -0.25) is 4.79 Å². The van der Waals surface area contributed by atoms with Crippen LogP contribution in [0.3, 0.4) is 0 Å². The predicted octanol–water partition coefficient (Wildman–Crippen LogP) is 3.27. The Morgan fingerprint density at radius 3 is 2.60 bits per heavy atom. The normalized spacial score (nSPS) is 10.4. The van der Waals surface area contributed by atoms with Gasteiger partial charge in [-0.1, -0.05) is 36.4 Å². The molecule has 0 aliphatic rings. The molecule has 0 bridgehead atoms. The van der Waals surface area contributed by atoms with Gasteiger partial charge in [0.05, 0.1) is 6.61 Å². The average Bonchev–Trinajstić information content (AvgIpc) is 2.63. The predicted molar refractivity (Wildman–Crippen MR) is 98.3 cm³/mol. The van der Waals surface area contributed by atoms with Crippen LogP contribution in [0.15, 0.2) is 54.6 Å². The van der Waals surface area contributed by atoms with Gasteiger partial charge in [0.25, 0.3) is 0 Å². The van der Waals surface area contributed by atoms with Gasteiger partial charge in [-0.25, -0.2) is 4.39 Å². The van der Waals surface area contributed by atoms with E-state index in [9.17, 15) is 9.18 Å². The van der Waals surface area contributed by atoms with E-state index in [1.807, 2.05) is 36.4 Å². The second kappa shape index (κ2) is 11.5. The molecule has 0 saturated heterocycles. The first-order chi connectivity index (χ1) is 12.3. The van der Waals surface area contributed by atoms with Gasteiger partial charge < -0.3 is 14.8 Å². The van der Waals surface area contributed by atoms with Crippen molar-refractivity contribution < 1.29 is 18.7 Å². The Morgan fingerprint density at radius 1 is 1.04 bits per heavy atom. The van der Waals surface area contributed by atoms with Crippen LogP contribution in [0.2, 0.25) is 0 Å². The summed E-state index contributed by atoms with van der Waals surface area (Å²) in [5, 5.41) is 2.77. The molecular weight excluding hydrogens is 341 g/mol. The lowest BCUT2D eigenvalue weighted by molar-refractivity contribution is -0.125. The van der Waals surface area contributed by atoms with Gasteiger partial charge in [-0.05, 0) is 23.8 Å². The maximum Gasteiger partial charge on any atom is 0.246 e. The van der Waals surface area contributed by atoms with Crippen molar-refractivity contribution in [2.45, 2.75) is 5.75 Å². The van der Waals surface area contributed by atoms with E-state index in [0.29, 0.717) is 31.1 Å². The molecule has 6 heteroatoms. The number of para-hydroxylation sites is 1. The second-order valence-electron chi connectivity index (χ2n) is 5.21. The number of carbonyl (C=O) groups excluding carboxylic acids is 1. The third-order valence-corrected chi connectivity index (χ3v) is 4.26. The first-order valence-electron chi connectivity index (χ1n) is 8.09. The molecule has 2 aromatic rings. The van der Waals surface area contributed by atoms with Gasteiger partial charge >= 0.3 is 0 Å². The van der Waals surface area contributed by atoms with Crippen LogP contribution in [0.4, 0.5) is 4.39 Å². The first kappa shape index (κ1) is 19.3. The Hall–Kier alpha value is -2.05. The Kier molecular flexibility index (Phi) is 8.86. The zero-order chi connectivity index (χ0) is 17.7. The highest BCUT2D eigenvalue weighted by Crippen LogP contribution is 2.14. The van der Waals surface area contributed by atoms with Crippen molar-refractivity contribution in [3.8, 4) is 5.75 Å². The molecule has 0 aliphatic carbocycles. The number of carbonyl (C=O) groups is 1. The van der Waals surface area contributed by atoms with Gasteiger partial charge in [-0.15, -0.1) is 0 Å². The summed E-state index contributed by atoms with van der Waals surface area (Å²) in [5.41, 5.74) is 0.681. The maximum atomic E-state index is 13.4. The molecule has 0 radical (unpaired) electrons. The number of amides is 1. The third kappa shape index (κ3) is 8.05. The van der Waals surface area contributed by atoms with Gasteiger partial charge in [-0.2, -0.15) is 11.8 Å². The van der Waals surface area contributed by atoms with Gasteiger partial charge in [0.2, 0.25) is 5.91 Å². The quantitative estimate of drug-likeness (QED) is 0.623. The van der Waals surface area contributed by atoms with Crippen molar-refractivity contribution >= 4 is 17.7 Å². The molecule has 134 valence electrons. The van der Waals surface area contributed by atoms with Crippen LogP contribution < -0.4 is 10.1 Å². The van der Waals surface area contributed by atoms with Crippen molar-refractivity contribution in [3.05, 3.63) is 66.0 Å². The summed E-state index contributed by atoms with van der Waals surface area (Å²) in [5.74, 6) is 1.74. The average molecular weight is 363 g/mol. The van der Waals surface area contributed by atoms with Crippen molar-refractivity contribution in [1.29, 1.82) is 0 Å². The smallest absolute Gasteiger partial charge is 0.246 e. The molecular formula is C19H22FNO3S. The molecule has 0 spiro atoms. The molecule has 1 N–H and O–H groups in total. The molecule has 0 saturated carbocycles. The summed E-state index contributed by atoms with van der Waals surface area (Å²) in [6, 6.07) is 16.2. The fourth-order valence-corrected chi connectivity index (χ4v) is 2.86. The topological polar surface area (TPSA) is 47.6 Å². The van der Waals surface area contributed by atoms with Crippen molar-refractivity contribution in [2.24, 2.45) is 0 Å². The van der Waals surface area contributed by atoms with Gasteiger partial charge in [0.15, 0.2) is 0 Å². The minimum Gasteiger partial charge on any atom is -0.491 e. The van der Waals surface area contributed by atoms with Crippen molar-refractivity contribution in [3.63, 3.8) is 0 Å². The molecule has 0 fully saturated rings. The SMILES string of the molecule is O=C(COCCOc1ccccc1)NCCSCc1ccccc1F. The van der Waals surface area contributed by atoms with E-state index in [0.717, 1.165) is 11.5 Å². The fraction of sp³-hybridized carbons (Fsp3) is 0.316. The van der Waals surface area contributed by atoms with E-state index in [-0.39, 0.29) is 18.3 Å². The molecule has 0 aliphatic heterocycles. The number of thioether (sulfide) groups is 1. The van der Waals surface area contributed by atoms with E-state index >= 15 is 0 Å². The Bertz CT molecular complexity index is 640. The zero-order valence-corrected chi connectivity index (χ0v) is 14.8. The molecule has 0 aromatic heterocycles. The fourth-order valence-electron chi connectivity index (χ4n) is 2.01. The van der Waals surface area contributed by atoms with Crippen LogP contribution in [0, 0.1) is 5.82 Å². The number of nitrogens with one attached hydrogen (secondary N) is 1. The van der Waals surface area contributed by atoms with Gasteiger partial charge in [0.1, 0.15) is 24.8 Å². The van der Waals surface area contributed by atoms with Crippen LogP contribution in [0.5, 0.6) is 5.75 Å². The zero-order valence-electron chi connectivity index (χ0n) is 13.9. The van der Waals surface area contributed by atoms with E-state index in [2.05, 4.69) is 5.32 Å². The van der Waals surface area contributed by atoms with Gasteiger partial charge in [0, 0.05) is 18.1 Å². The minimum absolute atomic E-state index is 0.0100. The maximum absolute atomic E-state index is 13.4. The lowest BCUT2D eigenvalue weighted by Gasteiger charge is -2.08. The summed E-state index contributed by atoms with van der Waals surface area (Å²) in [7, 11) is 0. The van der Waals surface area contributed by atoms with E-state index in [4.69, 9.17) is 9.47 Å². The number of hydrogen-bond acceptors (Lipinski definition) is 4. The summed E-state index contributed by atoms with van der Waals surface area (Å²) >= 11 is 1.58. The largest absolute Gasteiger partial charge is 0.491 e. The van der Waals surface area contributed by atoms with Crippen LogP contribution in [-0.2, 0) is 15.3 Å². The molecule has 0 unspecified atom stereocenters. The summed E-state index contributed by atoms with van der Waals surface area (Å²) < 4.78 is 24.2. The standard InChI is InChI=1S/C19H22FNO3S/c20-18-9-5-4-6-16(18)15-25-13-10-21-19(22)14-23-11-12-24-17-7-2-1-3-8-17/h1-9H,10-15H2,(H,21,22). The molecule has 0 heterocycles. The van der Waals surface area contributed by atoms with Crippen LogP contribution in [0.1, 0.15) is 5.56 Å². The summed E-state index contributed by atoms with van der Waals surface area (Å²) in [6.07, 6.45) is 0. The Balaban J connectivity index is 1.45. The lowest BCUT2D eigenvalue weighted by atomic mass is 10.2. The van der Waals surface area contributed by atoms with Crippen molar-refractivity contribution in [1.82, 2.24) is 5.32 Å². The highest BCUT2D eigenvalue weighted by molar-refractivity contribution is 7.98. The Morgan fingerprint density at radius 2 is 1.80 bits per heavy atom. The first-order valence-corrected chi connectivity index (χ1v) is 9.24. The van der Waals surface area contributed by atoms with Crippen molar-refractivity contribution in [2.75, 3.05) is 32.1 Å². The molecule has 0 atom stereocenters. The van der Waals surface area contributed by atoms with Crippen LogP contribution >= 0.6 is 11.8 Å². The molecule has 2 aromatic carbocycles. The molecule has 4 nitrogen and oxygen atoms in total. The van der Waals surface area contributed by atoms with E-state index < -0.39 is 0 Å². The highest BCUT2D eigenvalue weighted by Gasteiger charge is 2.03. The number of halogens is 1. The number of hydrogen-bond donors (Lipinski definition) is 1. The number of ether oxygens (including phenoxy) is 2. The number of benzene rings is 2.